The third-order valence-corrected chi connectivity index (χ3v) is 4.60. The number of halogens is 3. The van der Waals surface area contributed by atoms with Crippen LogP contribution in [0.3, 0.4) is 0 Å². The van der Waals surface area contributed by atoms with E-state index in [1.54, 1.807) is 25.1 Å². The largest absolute Gasteiger partial charge is 0.490 e. The molecule has 0 unspecified atom stereocenters. The van der Waals surface area contributed by atoms with E-state index in [9.17, 15) is 13.2 Å². The van der Waals surface area contributed by atoms with E-state index in [1.807, 2.05) is 0 Å². The van der Waals surface area contributed by atoms with Gasteiger partial charge in [-0.1, -0.05) is 6.07 Å². The Morgan fingerprint density at radius 2 is 1.88 bits per heavy atom. The summed E-state index contributed by atoms with van der Waals surface area (Å²) in [6.07, 6.45) is -0.716. The van der Waals surface area contributed by atoms with E-state index in [0.29, 0.717) is 18.9 Å². The maximum absolute atomic E-state index is 12.3. The predicted octanol–water partition coefficient (Wildman–Crippen LogP) is 3.85. The second kappa shape index (κ2) is 10.0. The van der Waals surface area contributed by atoms with E-state index >= 15 is 0 Å². The lowest BCUT2D eigenvalue weighted by Crippen LogP contribution is -2.31. The van der Waals surface area contributed by atoms with Gasteiger partial charge in [0, 0.05) is 6.54 Å². The first-order valence-corrected chi connectivity index (χ1v) is 9.22. The molecule has 1 saturated heterocycles. The zero-order chi connectivity index (χ0) is 19.0. The van der Waals surface area contributed by atoms with Crippen molar-refractivity contribution < 1.29 is 22.6 Å². The summed E-state index contributed by atoms with van der Waals surface area (Å²) >= 11 is 0. The van der Waals surface area contributed by atoms with Gasteiger partial charge in [0.25, 0.3) is 0 Å². The molecule has 0 spiro atoms. The number of likely N-dealkylation sites (tertiary alicyclic amines) is 1. The number of nitrogens with zero attached hydrogens (tertiary/aromatic N) is 1. The first-order valence-electron chi connectivity index (χ1n) is 9.22. The lowest BCUT2D eigenvalue weighted by Gasteiger charge is -2.28. The van der Waals surface area contributed by atoms with Crippen molar-refractivity contribution in [1.29, 1.82) is 0 Å². The van der Waals surface area contributed by atoms with E-state index in [4.69, 9.17) is 9.47 Å². The molecule has 1 aliphatic heterocycles. The van der Waals surface area contributed by atoms with Crippen LogP contribution in [0.5, 0.6) is 11.5 Å². The van der Waals surface area contributed by atoms with Crippen LogP contribution < -0.4 is 14.8 Å². The zero-order valence-electron chi connectivity index (χ0n) is 15.6. The number of hydrogen-bond donors (Lipinski definition) is 1. The molecule has 1 aromatic carbocycles. The molecule has 2 rings (SSSR count). The normalized spacial score (nSPS) is 16.7. The molecule has 1 fully saturated rings. The van der Waals surface area contributed by atoms with Crippen LogP contribution in [0.15, 0.2) is 18.2 Å². The summed E-state index contributed by atoms with van der Waals surface area (Å²) in [6.45, 7) is 4.77. The number of nitrogens with one attached hydrogen (secondary N) is 1. The van der Waals surface area contributed by atoms with Crippen LogP contribution in [0.2, 0.25) is 0 Å². The van der Waals surface area contributed by atoms with Gasteiger partial charge in [-0.15, -0.1) is 0 Å². The summed E-state index contributed by atoms with van der Waals surface area (Å²) in [5.41, 5.74) is 0.969. The number of ether oxygens (including phenoxy) is 2. The second-order valence-electron chi connectivity index (χ2n) is 6.83. The lowest BCUT2D eigenvalue weighted by atomic mass is 9.94. The van der Waals surface area contributed by atoms with Crippen LogP contribution in [0.25, 0.3) is 0 Å². The van der Waals surface area contributed by atoms with Crippen molar-refractivity contribution in [2.45, 2.75) is 38.9 Å². The summed E-state index contributed by atoms with van der Waals surface area (Å²) in [6, 6.07) is 5.07. The van der Waals surface area contributed by atoms with Crippen LogP contribution in [0, 0.1) is 5.92 Å². The Labute approximate surface area is 153 Å². The average molecular weight is 374 g/mol. The molecule has 0 atom stereocenters. The quantitative estimate of drug-likeness (QED) is 0.666. The summed E-state index contributed by atoms with van der Waals surface area (Å²) < 4.78 is 47.3. The minimum Gasteiger partial charge on any atom is -0.490 e. The fourth-order valence-electron chi connectivity index (χ4n) is 3.10. The van der Waals surface area contributed by atoms with Gasteiger partial charge in [0.15, 0.2) is 18.1 Å². The van der Waals surface area contributed by atoms with E-state index in [0.717, 1.165) is 24.4 Å². The van der Waals surface area contributed by atoms with Crippen molar-refractivity contribution in [1.82, 2.24) is 10.2 Å². The van der Waals surface area contributed by atoms with Gasteiger partial charge < -0.3 is 19.7 Å². The Hall–Kier alpha value is -1.47. The summed E-state index contributed by atoms with van der Waals surface area (Å²) in [4.78, 5) is 2.36. The molecule has 26 heavy (non-hydrogen) atoms. The first-order chi connectivity index (χ1) is 12.4. The molecule has 0 amide bonds. The SMILES string of the molecule is CCOc1cc(CNCCC2CCN(C)CC2)ccc1OCC(F)(F)F. The van der Waals surface area contributed by atoms with Gasteiger partial charge in [-0.05, 0) is 76.5 Å². The van der Waals surface area contributed by atoms with E-state index in [2.05, 4.69) is 17.3 Å². The number of alkyl halides is 3. The molecule has 148 valence electrons. The average Bonchev–Trinajstić information content (AvgIpc) is 2.59. The molecule has 0 bridgehead atoms. The zero-order valence-corrected chi connectivity index (χ0v) is 15.6. The van der Waals surface area contributed by atoms with E-state index in [1.165, 1.54) is 25.9 Å². The number of piperidine rings is 1. The highest BCUT2D eigenvalue weighted by Gasteiger charge is 2.29. The summed E-state index contributed by atoms with van der Waals surface area (Å²) in [5, 5.41) is 3.42. The van der Waals surface area contributed by atoms with Crippen molar-refractivity contribution in [3.63, 3.8) is 0 Å². The molecule has 1 heterocycles. The number of benzene rings is 1. The molecule has 0 radical (unpaired) electrons. The highest BCUT2D eigenvalue weighted by molar-refractivity contribution is 5.43. The number of rotatable bonds is 9. The van der Waals surface area contributed by atoms with Crippen LogP contribution in [0.4, 0.5) is 13.2 Å². The molecule has 1 aromatic rings. The molecule has 1 N–H and O–H groups in total. The van der Waals surface area contributed by atoms with Crippen LogP contribution >= 0.6 is 0 Å². The standard InChI is InChI=1S/C19H29F3N2O2/c1-3-25-18-12-16(4-5-17(18)26-14-19(20,21)22)13-23-9-6-15-7-10-24(2)11-8-15/h4-5,12,15,23H,3,6-11,13-14H2,1-2H3. The third-order valence-electron chi connectivity index (χ3n) is 4.60. The van der Waals surface area contributed by atoms with Crippen LogP contribution in [0.1, 0.15) is 31.7 Å². The summed E-state index contributed by atoms with van der Waals surface area (Å²) in [7, 11) is 2.16. The molecular formula is C19H29F3N2O2. The van der Waals surface area contributed by atoms with Crippen molar-refractivity contribution in [3.8, 4) is 11.5 Å². The van der Waals surface area contributed by atoms with Gasteiger partial charge in [-0.25, -0.2) is 0 Å². The smallest absolute Gasteiger partial charge is 0.422 e. The Morgan fingerprint density at radius 3 is 2.54 bits per heavy atom. The maximum atomic E-state index is 12.3. The monoisotopic (exact) mass is 374 g/mol. The Kier molecular flexibility index (Phi) is 8.03. The maximum Gasteiger partial charge on any atom is 0.422 e. The Balaban J connectivity index is 1.80. The van der Waals surface area contributed by atoms with Crippen molar-refractivity contribution >= 4 is 0 Å². The second-order valence-corrected chi connectivity index (χ2v) is 6.83. The minimum absolute atomic E-state index is 0.124. The molecule has 0 saturated carbocycles. The molecule has 1 aliphatic rings. The molecule has 7 heteroatoms. The van der Waals surface area contributed by atoms with Gasteiger partial charge >= 0.3 is 6.18 Å². The van der Waals surface area contributed by atoms with Crippen molar-refractivity contribution in [2.75, 3.05) is 39.9 Å². The highest BCUT2D eigenvalue weighted by atomic mass is 19.4. The molecule has 0 aromatic heterocycles. The van der Waals surface area contributed by atoms with E-state index < -0.39 is 12.8 Å². The van der Waals surface area contributed by atoms with Gasteiger partial charge in [0.2, 0.25) is 0 Å². The Morgan fingerprint density at radius 1 is 1.15 bits per heavy atom. The number of hydrogen-bond acceptors (Lipinski definition) is 4. The van der Waals surface area contributed by atoms with Crippen LogP contribution in [-0.2, 0) is 6.54 Å². The van der Waals surface area contributed by atoms with Gasteiger partial charge in [-0.3, -0.25) is 0 Å². The van der Waals surface area contributed by atoms with Crippen LogP contribution in [-0.4, -0.2) is 51.0 Å². The van der Waals surface area contributed by atoms with Gasteiger partial charge in [-0.2, -0.15) is 13.2 Å². The topological polar surface area (TPSA) is 33.7 Å². The van der Waals surface area contributed by atoms with Crippen molar-refractivity contribution in [2.24, 2.45) is 5.92 Å². The third kappa shape index (κ3) is 7.41. The lowest BCUT2D eigenvalue weighted by molar-refractivity contribution is -0.153. The highest BCUT2D eigenvalue weighted by Crippen LogP contribution is 2.30. The molecule has 4 nitrogen and oxygen atoms in total. The minimum atomic E-state index is -4.36. The van der Waals surface area contributed by atoms with Gasteiger partial charge in [0.1, 0.15) is 0 Å². The first kappa shape index (κ1) is 20.8. The predicted molar refractivity (Wildman–Crippen MR) is 95.7 cm³/mol. The van der Waals surface area contributed by atoms with Gasteiger partial charge in [0.05, 0.1) is 6.61 Å². The molecular weight excluding hydrogens is 345 g/mol. The van der Waals surface area contributed by atoms with E-state index in [-0.39, 0.29) is 5.75 Å². The fourth-order valence-corrected chi connectivity index (χ4v) is 3.10. The fraction of sp³-hybridized carbons (Fsp3) is 0.684. The Bertz CT molecular complexity index is 544. The summed E-state index contributed by atoms with van der Waals surface area (Å²) in [5.74, 6) is 1.25. The van der Waals surface area contributed by atoms with Crippen molar-refractivity contribution in [3.05, 3.63) is 23.8 Å². The molecule has 0 aliphatic carbocycles.